The summed E-state index contributed by atoms with van der Waals surface area (Å²) in [5.41, 5.74) is 5.52. The van der Waals surface area contributed by atoms with Gasteiger partial charge in [0.2, 0.25) is 0 Å². The van der Waals surface area contributed by atoms with Gasteiger partial charge < -0.3 is 15.4 Å². The Balaban J connectivity index is 1.80. The average molecular weight is 353 g/mol. The van der Waals surface area contributed by atoms with E-state index in [0.29, 0.717) is 5.69 Å². The van der Waals surface area contributed by atoms with Crippen molar-refractivity contribution in [2.24, 2.45) is 0 Å². The molecule has 0 bridgehead atoms. The molecule has 0 radical (unpaired) electrons. The van der Waals surface area contributed by atoms with Crippen molar-refractivity contribution in [1.29, 1.82) is 0 Å². The monoisotopic (exact) mass is 353 g/mol. The number of H-pyrrole nitrogens is 1. The summed E-state index contributed by atoms with van der Waals surface area (Å²) in [4.78, 5) is 19.6. The second kappa shape index (κ2) is 5.85. The Kier molecular flexibility index (Phi) is 3.33. The van der Waals surface area contributed by atoms with Crippen LogP contribution in [0.4, 0.5) is 11.4 Å². The van der Waals surface area contributed by atoms with Crippen molar-refractivity contribution in [2.75, 3.05) is 5.32 Å². The fourth-order valence-electron chi connectivity index (χ4n) is 3.47. The van der Waals surface area contributed by atoms with Crippen LogP contribution in [0.25, 0.3) is 32.8 Å². The summed E-state index contributed by atoms with van der Waals surface area (Å²) >= 11 is 0. The second-order valence-corrected chi connectivity index (χ2v) is 6.41. The minimum atomic E-state index is -0.950. The number of carbonyl (C=O) groups is 1. The smallest absolute Gasteiger partial charge is 0.335 e. The van der Waals surface area contributed by atoms with E-state index in [9.17, 15) is 9.90 Å². The van der Waals surface area contributed by atoms with Gasteiger partial charge in [-0.25, -0.2) is 9.78 Å². The first-order valence-corrected chi connectivity index (χ1v) is 8.60. The number of aromatic carboxylic acids is 1. The molecular formula is C22H15N3O2. The van der Waals surface area contributed by atoms with Gasteiger partial charge in [0.05, 0.1) is 27.8 Å². The zero-order valence-electron chi connectivity index (χ0n) is 14.2. The van der Waals surface area contributed by atoms with E-state index in [1.54, 1.807) is 18.2 Å². The Labute approximate surface area is 154 Å². The largest absolute Gasteiger partial charge is 0.478 e. The standard InChI is InChI=1S/C22H15N3O2/c26-22(27)13-6-5-7-14(12-13)23-19-15-8-1-3-10-17(15)24-20-16-9-2-4-11-18(16)25-21(19)20/h1-12,25H,(H,23,24)(H,26,27). The van der Waals surface area contributed by atoms with Gasteiger partial charge in [-0.05, 0) is 30.3 Å². The number of hydrogen-bond donors (Lipinski definition) is 3. The summed E-state index contributed by atoms with van der Waals surface area (Å²) in [7, 11) is 0. The fourth-order valence-corrected chi connectivity index (χ4v) is 3.47. The molecule has 5 nitrogen and oxygen atoms in total. The molecular weight excluding hydrogens is 338 g/mol. The van der Waals surface area contributed by atoms with Crippen molar-refractivity contribution >= 4 is 50.2 Å². The average Bonchev–Trinajstić information content (AvgIpc) is 3.07. The van der Waals surface area contributed by atoms with Crippen LogP contribution < -0.4 is 5.32 Å². The number of anilines is 2. The van der Waals surface area contributed by atoms with Gasteiger partial charge >= 0.3 is 5.97 Å². The van der Waals surface area contributed by atoms with E-state index in [4.69, 9.17) is 4.98 Å². The van der Waals surface area contributed by atoms with Gasteiger partial charge in [0.15, 0.2) is 0 Å². The number of aromatic amines is 1. The molecule has 0 amide bonds. The third-order valence-electron chi connectivity index (χ3n) is 4.71. The topological polar surface area (TPSA) is 78.0 Å². The number of rotatable bonds is 3. The highest BCUT2D eigenvalue weighted by Gasteiger charge is 2.14. The van der Waals surface area contributed by atoms with Gasteiger partial charge in [-0.3, -0.25) is 0 Å². The van der Waals surface area contributed by atoms with E-state index in [-0.39, 0.29) is 5.56 Å². The number of nitrogens with zero attached hydrogens (tertiary/aromatic N) is 1. The summed E-state index contributed by atoms with van der Waals surface area (Å²) in [6, 6.07) is 22.8. The van der Waals surface area contributed by atoms with E-state index in [1.807, 2.05) is 54.6 Å². The number of carboxylic acid groups (broad SMARTS) is 1. The third kappa shape index (κ3) is 2.48. The lowest BCUT2D eigenvalue weighted by molar-refractivity contribution is 0.0697. The molecule has 130 valence electrons. The summed E-state index contributed by atoms with van der Waals surface area (Å²) in [6.45, 7) is 0. The Bertz CT molecular complexity index is 1340. The molecule has 0 unspecified atom stereocenters. The zero-order chi connectivity index (χ0) is 18.4. The van der Waals surface area contributed by atoms with Gasteiger partial charge in [0.1, 0.15) is 0 Å². The van der Waals surface area contributed by atoms with Crippen LogP contribution in [0.3, 0.4) is 0 Å². The molecule has 27 heavy (non-hydrogen) atoms. The maximum atomic E-state index is 11.3. The number of para-hydroxylation sites is 2. The summed E-state index contributed by atoms with van der Waals surface area (Å²) in [5, 5.41) is 14.7. The molecule has 3 N–H and O–H groups in total. The van der Waals surface area contributed by atoms with E-state index in [0.717, 1.165) is 38.5 Å². The van der Waals surface area contributed by atoms with Crippen molar-refractivity contribution in [2.45, 2.75) is 0 Å². The first-order chi connectivity index (χ1) is 13.2. The van der Waals surface area contributed by atoms with E-state index in [1.165, 1.54) is 0 Å². The Morgan fingerprint density at radius 2 is 1.70 bits per heavy atom. The quantitative estimate of drug-likeness (QED) is 0.411. The molecule has 0 fully saturated rings. The number of aromatic nitrogens is 2. The molecule has 5 rings (SSSR count). The van der Waals surface area contributed by atoms with E-state index < -0.39 is 5.97 Å². The number of benzene rings is 3. The molecule has 2 heterocycles. The molecule has 0 spiro atoms. The first-order valence-electron chi connectivity index (χ1n) is 8.60. The molecule has 3 aromatic carbocycles. The molecule has 0 saturated carbocycles. The minimum absolute atomic E-state index is 0.242. The van der Waals surface area contributed by atoms with Crippen LogP contribution in [0.2, 0.25) is 0 Å². The lowest BCUT2D eigenvalue weighted by Gasteiger charge is -2.12. The molecule has 0 aliphatic heterocycles. The highest BCUT2D eigenvalue weighted by molar-refractivity contribution is 6.16. The van der Waals surface area contributed by atoms with Crippen LogP contribution in [0.5, 0.6) is 0 Å². The van der Waals surface area contributed by atoms with Crippen LogP contribution in [0.15, 0.2) is 72.8 Å². The van der Waals surface area contributed by atoms with Crippen molar-refractivity contribution in [3.05, 3.63) is 78.4 Å². The Morgan fingerprint density at radius 3 is 2.56 bits per heavy atom. The van der Waals surface area contributed by atoms with Crippen molar-refractivity contribution in [3.8, 4) is 0 Å². The molecule has 5 heteroatoms. The maximum absolute atomic E-state index is 11.3. The Morgan fingerprint density at radius 1 is 0.926 bits per heavy atom. The number of carboxylic acids is 1. The van der Waals surface area contributed by atoms with Crippen LogP contribution in [-0.4, -0.2) is 21.0 Å². The number of nitrogens with one attached hydrogen (secondary N) is 2. The van der Waals surface area contributed by atoms with Crippen LogP contribution in [0, 0.1) is 0 Å². The van der Waals surface area contributed by atoms with Crippen LogP contribution >= 0.6 is 0 Å². The van der Waals surface area contributed by atoms with Gasteiger partial charge in [0, 0.05) is 22.0 Å². The van der Waals surface area contributed by atoms with Crippen molar-refractivity contribution < 1.29 is 9.90 Å². The summed E-state index contributed by atoms with van der Waals surface area (Å²) in [5.74, 6) is -0.950. The molecule has 0 atom stereocenters. The minimum Gasteiger partial charge on any atom is -0.478 e. The van der Waals surface area contributed by atoms with E-state index >= 15 is 0 Å². The SMILES string of the molecule is O=C(O)c1cccc(Nc2c3ccccc3nc3c2[nH]c2ccccc23)c1. The molecule has 5 aromatic rings. The van der Waals surface area contributed by atoms with Crippen LogP contribution in [0.1, 0.15) is 10.4 Å². The summed E-state index contributed by atoms with van der Waals surface area (Å²) < 4.78 is 0. The molecule has 0 aliphatic carbocycles. The number of hydrogen-bond acceptors (Lipinski definition) is 3. The predicted molar refractivity (Wildman–Crippen MR) is 108 cm³/mol. The Hall–Kier alpha value is -3.86. The van der Waals surface area contributed by atoms with Gasteiger partial charge in [-0.1, -0.05) is 42.5 Å². The fraction of sp³-hybridized carbons (Fsp3) is 0. The third-order valence-corrected chi connectivity index (χ3v) is 4.71. The highest BCUT2D eigenvalue weighted by Crippen LogP contribution is 2.36. The van der Waals surface area contributed by atoms with Crippen molar-refractivity contribution in [3.63, 3.8) is 0 Å². The molecule has 0 saturated heterocycles. The first kappa shape index (κ1) is 15.4. The van der Waals surface area contributed by atoms with Crippen LogP contribution in [-0.2, 0) is 0 Å². The molecule has 2 aromatic heterocycles. The zero-order valence-corrected chi connectivity index (χ0v) is 14.2. The maximum Gasteiger partial charge on any atom is 0.335 e. The second-order valence-electron chi connectivity index (χ2n) is 6.41. The van der Waals surface area contributed by atoms with Gasteiger partial charge in [-0.2, -0.15) is 0 Å². The molecule has 0 aliphatic rings. The van der Waals surface area contributed by atoms with Gasteiger partial charge in [-0.15, -0.1) is 0 Å². The van der Waals surface area contributed by atoms with Crippen molar-refractivity contribution in [1.82, 2.24) is 9.97 Å². The lowest BCUT2D eigenvalue weighted by Crippen LogP contribution is -1.99. The predicted octanol–water partition coefficient (Wildman–Crippen LogP) is 5.31. The van der Waals surface area contributed by atoms with E-state index in [2.05, 4.69) is 10.3 Å². The highest BCUT2D eigenvalue weighted by atomic mass is 16.4. The van der Waals surface area contributed by atoms with Gasteiger partial charge in [0.25, 0.3) is 0 Å². The normalized spacial score (nSPS) is 11.3. The lowest BCUT2D eigenvalue weighted by atomic mass is 10.1. The number of pyridine rings is 1. The summed E-state index contributed by atoms with van der Waals surface area (Å²) in [6.07, 6.45) is 0. The number of fused-ring (bicyclic) bond motifs is 4.